The molecular formula is C22H23N3O4S. The Labute approximate surface area is 175 Å². The van der Waals surface area contributed by atoms with Crippen LogP contribution in [0.25, 0.3) is 10.9 Å². The summed E-state index contributed by atoms with van der Waals surface area (Å²) in [5.41, 5.74) is 1.47. The molecule has 3 aromatic rings. The normalized spacial score (nSPS) is 15.3. The molecule has 156 valence electrons. The van der Waals surface area contributed by atoms with Crippen molar-refractivity contribution >= 4 is 26.8 Å². The van der Waals surface area contributed by atoms with Crippen molar-refractivity contribution in [3.63, 3.8) is 0 Å². The van der Waals surface area contributed by atoms with Gasteiger partial charge in [0.15, 0.2) is 6.61 Å². The maximum absolute atomic E-state index is 12.7. The molecule has 1 saturated heterocycles. The number of benzene rings is 2. The fourth-order valence-electron chi connectivity index (χ4n) is 3.52. The lowest BCUT2D eigenvalue weighted by Crippen LogP contribution is -2.51. The summed E-state index contributed by atoms with van der Waals surface area (Å²) in [5, 5.41) is 0.944. The summed E-state index contributed by atoms with van der Waals surface area (Å²) in [6.45, 7) is 1.17. The van der Waals surface area contributed by atoms with Crippen molar-refractivity contribution < 1.29 is 17.9 Å². The van der Waals surface area contributed by atoms with E-state index < -0.39 is 10.0 Å². The van der Waals surface area contributed by atoms with Gasteiger partial charge in [0.2, 0.25) is 10.0 Å². The van der Waals surface area contributed by atoms with E-state index in [2.05, 4.69) is 4.98 Å². The van der Waals surface area contributed by atoms with E-state index in [4.69, 9.17) is 4.74 Å². The van der Waals surface area contributed by atoms with Crippen LogP contribution in [0.15, 0.2) is 66.9 Å². The largest absolute Gasteiger partial charge is 0.481 e. The van der Waals surface area contributed by atoms with Crippen LogP contribution >= 0.6 is 0 Å². The number of ether oxygens (including phenoxy) is 1. The first-order chi connectivity index (χ1) is 14.5. The average molecular weight is 426 g/mol. The summed E-state index contributed by atoms with van der Waals surface area (Å²) in [7, 11) is -3.41. The Bertz CT molecular complexity index is 1120. The van der Waals surface area contributed by atoms with E-state index in [1.807, 2.05) is 42.5 Å². The lowest BCUT2D eigenvalue weighted by Gasteiger charge is -2.34. The number of nitrogens with zero attached hydrogens (tertiary/aromatic N) is 3. The minimum Gasteiger partial charge on any atom is -0.481 e. The third-order valence-electron chi connectivity index (χ3n) is 5.12. The average Bonchev–Trinajstić information content (AvgIpc) is 2.78. The number of sulfonamides is 1. The van der Waals surface area contributed by atoms with Gasteiger partial charge in [0.25, 0.3) is 5.91 Å². The molecule has 1 fully saturated rings. The van der Waals surface area contributed by atoms with E-state index in [0.717, 1.165) is 10.9 Å². The Morgan fingerprint density at radius 3 is 2.43 bits per heavy atom. The van der Waals surface area contributed by atoms with Gasteiger partial charge in [-0.2, -0.15) is 4.31 Å². The number of carbonyl (C=O) groups excluding carboxylic acids is 1. The van der Waals surface area contributed by atoms with Crippen LogP contribution in [0.2, 0.25) is 0 Å². The highest BCUT2D eigenvalue weighted by atomic mass is 32.2. The standard InChI is InChI=1S/C22H23N3O4S/c26-21(16-29-20-10-4-8-19-9-5-11-23-22(19)20)24-12-14-25(15-13-24)30(27,28)17-18-6-2-1-3-7-18/h1-11H,12-17H2. The van der Waals surface area contributed by atoms with E-state index in [1.54, 1.807) is 29.3 Å². The van der Waals surface area contributed by atoms with E-state index in [9.17, 15) is 13.2 Å². The molecule has 1 aliphatic heterocycles. The zero-order valence-electron chi connectivity index (χ0n) is 16.5. The lowest BCUT2D eigenvalue weighted by atomic mass is 10.2. The minimum atomic E-state index is -3.41. The van der Waals surface area contributed by atoms with Gasteiger partial charge in [0.1, 0.15) is 11.3 Å². The van der Waals surface area contributed by atoms with Crippen LogP contribution in [0.5, 0.6) is 5.75 Å². The topological polar surface area (TPSA) is 79.8 Å². The van der Waals surface area contributed by atoms with Gasteiger partial charge in [-0.3, -0.25) is 9.78 Å². The molecular weight excluding hydrogens is 402 g/mol. The number of rotatable bonds is 6. The Balaban J connectivity index is 1.32. The molecule has 0 radical (unpaired) electrons. The summed E-state index contributed by atoms with van der Waals surface area (Å²) in [4.78, 5) is 18.5. The SMILES string of the molecule is O=C(COc1cccc2cccnc12)N1CCN(S(=O)(=O)Cc2ccccc2)CC1. The van der Waals surface area contributed by atoms with Crippen LogP contribution < -0.4 is 4.74 Å². The third kappa shape index (κ3) is 4.60. The molecule has 0 unspecified atom stereocenters. The fraction of sp³-hybridized carbons (Fsp3) is 0.273. The number of hydrogen-bond donors (Lipinski definition) is 0. The number of piperazine rings is 1. The molecule has 1 aliphatic rings. The van der Waals surface area contributed by atoms with Gasteiger partial charge in [-0.1, -0.05) is 48.5 Å². The van der Waals surface area contributed by atoms with Crippen LogP contribution in [-0.2, 0) is 20.6 Å². The molecule has 8 heteroatoms. The third-order valence-corrected chi connectivity index (χ3v) is 6.97. The molecule has 0 aliphatic carbocycles. The summed E-state index contributed by atoms with van der Waals surface area (Å²) in [6, 6.07) is 18.5. The van der Waals surface area contributed by atoms with Gasteiger partial charge in [-0.05, 0) is 17.7 Å². The Hall–Kier alpha value is -2.97. The highest BCUT2D eigenvalue weighted by Crippen LogP contribution is 2.23. The monoisotopic (exact) mass is 425 g/mol. The summed E-state index contributed by atoms with van der Waals surface area (Å²) < 4.78 is 32.5. The highest BCUT2D eigenvalue weighted by molar-refractivity contribution is 7.88. The van der Waals surface area contributed by atoms with Crippen molar-refractivity contribution in [1.82, 2.24) is 14.2 Å². The van der Waals surface area contributed by atoms with E-state index in [0.29, 0.717) is 24.4 Å². The second-order valence-electron chi connectivity index (χ2n) is 7.14. The van der Waals surface area contributed by atoms with Crippen molar-refractivity contribution in [2.75, 3.05) is 32.8 Å². The minimum absolute atomic E-state index is 0.0288. The van der Waals surface area contributed by atoms with Crippen molar-refractivity contribution in [2.45, 2.75) is 5.75 Å². The number of hydrogen-bond acceptors (Lipinski definition) is 5. The first-order valence-corrected chi connectivity index (χ1v) is 11.4. The summed E-state index contributed by atoms with van der Waals surface area (Å²) in [5.74, 6) is 0.368. The molecule has 0 N–H and O–H groups in total. The molecule has 0 atom stereocenters. The molecule has 30 heavy (non-hydrogen) atoms. The van der Waals surface area contributed by atoms with Gasteiger partial charge in [-0.25, -0.2) is 8.42 Å². The molecule has 0 bridgehead atoms. The van der Waals surface area contributed by atoms with Gasteiger partial charge >= 0.3 is 0 Å². The van der Waals surface area contributed by atoms with Crippen LogP contribution in [-0.4, -0.2) is 61.3 Å². The first-order valence-electron chi connectivity index (χ1n) is 9.79. The zero-order valence-corrected chi connectivity index (χ0v) is 17.3. The number of aromatic nitrogens is 1. The van der Waals surface area contributed by atoms with Crippen molar-refractivity contribution in [3.05, 3.63) is 72.4 Å². The molecule has 0 spiro atoms. The molecule has 1 amide bonds. The van der Waals surface area contributed by atoms with Crippen LogP contribution in [0.1, 0.15) is 5.56 Å². The molecule has 0 saturated carbocycles. The molecule has 7 nitrogen and oxygen atoms in total. The first kappa shape index (κ1) is 20.3. The van der Waals surface area contributed by atoms with Gasteiger partial charge < -0.3 is 9.64 Å². The van der Waals surface area contributed by atoms with E-state index >= 15 is 0 Å². The van der Waals surface area contributed by atoms with E-state index in [1.165, 1.54) is 4.31 Å². The zero-order chi connectivity index (χ0) is 21.0. The number of carbonyl (C=O) groups is 1. The molecule has 2 aromatic carbocycles. The fourth-order valence-corrected chi connectivity index (χ4v) is 5.03. The lowest BCUT2D eigenvalue weighted by molar-refractivity contribution is -0.134. The Kier molecular flexibility index (Phi) is 5.96. The van der Waals surface area contributed by atoms with Gasteiger partial charge in [0, 0.05) is 37.8 Å². The Morgan fingerprint density at radius 1 is 0.933 bits per heavy atom. The maximum atomic E-state index is 12.7. The summed E-state index contributed by atoms with van der Waals surface area (Å²) >= 11 is 0. The number of pyridine rings is 1. The van der Waals surface area contributed by atoms with Crippen LogP contribution in [0.4, 0.5) is 0 Å². The maximum Gasteiger partial charge on any atom is 0.260 e. The smallest absolute Gasteiger partial charge is 0.260 e. The van der Waals surface area contributed by atoms with Crippen molar-refractivity contribution in [3.8, 4) is 5.75 Å². The summed E-state index contributed by atoms with van der Waals surface area (Å²) in [6.07, 6.45) is 1.69. The number of amides is 1. The van der Waals surface area contributed by atoms with Gasteiger partial charge in [0.05, 0.1) is 5.75 Å². The Morgan fingerprint density at radius 2 is 1.67 bits per heavy atom. The van der Waals surface area contributed by atoms with E-state index in [-0.39, 0.29) is 31.4 Å². The molecule has 2 heterocycles. The quantitative estimate of drug-likeness (QED) is 0.605. The predicted octanol–water partition coefficient (Wildman–Crippen LogP) is 2.29. The van der Waals surface area contributed by atoms with Crippen molar-refractivity contribution in [1.29, 1.82) is 0 Å². The molecule has 4 rings (SSSR count). The number of fused-ring (bicyclic) bond motifs is 1. The van der Waals surface area contributed by atoms with Crippen LogP contribution in [0.3, 0.4) is 0 Å². The second-order valence-corrected chi connectivity index (χ2v) is 9.11. The van der Waals surface area contributed by atoms with Crippen molar-refractivity contribution in [2.24, 2.45) is 0 Å². The predicted molar refractivity (Wildman–Crippen MR) is 114 cm³/mol. The second kappa shape index (κ2) is 8.81. The highest BCUT2D eigenvalue weighted by Gasteiger charge is 2.29. The van der Waals surface area contributed by atoms with Crippen LogP contribution in [0, 0.1) is 0 Å². The molecule has 1 aromatic heterocycles. The van der Waals surface area contributed by atoms with Gasteiger partial charge in [-0.15, -0.1) is 0 Å². The number of para-hydroxylation sites is 1.